The zero-order valence-corrected chi connectivity index (χ0v) is 11.9. The van der Waals surface area contributed by atoms with E-state index in [0.717, 1.165) is 6.42 Å². The summed E-state index contributed by atoms with van der Waals surface area (Å²) in [4.78, 5) is 22.0. The minimum atomic E-state index is -0.680. The van der Waals surface area contributed by atoms with Crippen LogP contribution in [0.5, 0.6) is 5.75 Å². The molecule has 110 valence electrons. The van der Waals surface area contributed by atoms with E-state index in [0.29, 0.717) is 24.3 Å². The third-order valence-corrected chi connectivity index (χ3v) is 2.74. The maximum Gasteiger partial charge on any atom is 0.347 e. The fourth-order valence-corrected chi connectivity index (χ4v) is 1.75. The van der Waals surface area contributed by atoms with E-state index < -0.39 is 17.0 Å². The van der Waals surface area contributed by atoms with Crippen molar-refractivity contribution in [2.24, 2.45) is 0 Å². The van der Waals surface area contributed by atoms with Gasteiger partial charge in [0.05, 0.1) is 11.5 Å². The summed E-state index contributed by atoms with van der Waals surface area (Å²) in [6, 6.07) is 4.29. The molecule has 0 spiro atoms. The monoisotopic (exact) mass is 281 g/mol. The van der Waals surface area contributed by atoms with Gasteiger partial charge in [0.2, 0.25) is 0 Å². The van der Waals surface area contributed by atoms with Gasteiger partial charge in [-0.15, -0.1) is 0 Å². The molecule has 0 aromatic heterocycles. The number of carbonyl (C=O) groups is 1. The van der Waals surface area contributed by atoms with Crippen molar-refractivity contribution in [1.29, 1.82) is 0 Å². The Hall–Kier alpha value is -2.11. The third kappa shape index (κ3) is 4.22. The van der Waals surface area contributed by atoms with Gasteiger partial charge < -0.3 is 9.47 Å². The quantitative estimate of drug-likeness (QED) is 0.436. The van der Waals surface area contributed by atoms with E-state index in [4.69, 9.17) is 9.47 Å². The van der Waals surface area contributed by atoms with E-state index in [2.05, 4.69) is 0 Å². The van der Waals surface area contributed by atoms with Crippen molar-refractivity contribution in [3.05, 3.63) is 33.9 Å². The highest BCUT2D eigenvalue weighted by Gasteiger charge is 2.22. The van der Waals surface area contributed by atoms with Crippen molar-refractivity contribution < 1.29 is 19.2 Å². The minimum absolute atomic E-state index is 0.00183. The minimum Gasteiger partial charge on any atom is -0.478 e. The van der Waals surface area contributed by atoms with Crippen molar-refractivity contribution in [2.75, 3.05) is 6.61 Å². The number of hydrogen-bond donors (Lipinski definition) is 0. The molecule has 1 aromatic carbocycles. The van der Waals surface area contributed by atoms with Crippen molar-refractivity contribution in [3.8, 4) is 5.75 Å². The van der Waals surface area contributed by atoms with Crippen molar-refractivity contribution in [2.45, 2.75) is 39.7 Å². The fraction of sp³-hybridized carbons (Fsp3) is 0.500. The molecule has 0 bridgehead atoms. The number of rotatable bonds is 7. The van der Waals surface area contributed by atoms with Crippen LogP contribution in [-0.2, 0) is 9.53 Å². The topological polar surface area (TPSA) is 78.7 Å². The van der Waals surface area contributed by atoms with Gasteiger partial charge in [-0.1, -0.05) is 13.3 Å². The molecule has 20 heavy (non-hydrogen) atoms. The summed E-state index contributed by atoms with van der Waals surface area (Å²) in [5.41, 5.74) is 0.614. The number of nitro groups is 1. The summed E-state index contributed by atoms with van der Waals surface area (Å²) in [7, 11) is 0. The Morgan fingerprint density at radius 3 is 2.60 bits per heavy atom. The van der Waals surface area contributed by atoms with Gasteiger partial charge in [-0.3, -0.25) is 10.1 Å². The lowest BCUT2D eigenvalue weighted by atomic mass is 10.1. The highest BCUT2D eigenvalue weighted by Crippen LogP contribution is 2.25. The Labute approximate surface area is 117 Å². The van der Waals surface area contributed by atoms with Gasteiger partial charge in [0.15, 0.2) is 6.10 Å². The number of ether oxygens (including phenoxy) is 2. The first-order chi connectivity index (χ1) is 9.49. The zero-order valence-electron chi connectivity index (χ0n) is 11.9. The van der Waals surface area contributed by atoms with Crippen LogP contribution in [0, 0.1) is 17.0 Å². The molecule has 0 saturated carbocycles. The average molecular weight is 281 g/mol. The lowest BCUT2D eigenvalue weighted by molar-refractivity contribution is -0.384. The van der Waals surface area contributed by atoms with Crippen LogP contribution in [0.1, 0.15) is 32.3 Å². The van der Waals surface area contributed by atoms with Crippen molar-refractivity contribution in [3.63, 3.8) is 0 Å². The number of aryl methyl sites for hydroxylation is 1. The molecule has 0 saturated heterocycles. The number of benzene rings is 1. The van der Waals surface area contributed by atoms with Gasteiger partial charge in [-0.05, 0) is 31.9 Å². The van der Waals surface area contributed by atoms with E-state index in [1.807, 2.05) is 6.92 Å². The summed E-state index contributed by atoms with van der Waals surface area (Å²) >= 11 is 0. The van der Waals surface area contributed by atoms with E-state index in [9.17, 15) is 14.9 Å². The van der Waals surface area contributed by atoms with Gasteiger partial charge in [0.25, 0.3) is 5.69 Å². The van der Waals surface area contributed by atoms with E-state index >= 15 is 0 Å². The second-order valence-corrected chi connectivity index (χ2v) is 4.35. The molecule has 0 fully saturated rings. The largest absolute Gasteiger partial charge is 0.478 e. The van der Waals surface area contributed by atoms with E-state index in [1.165, 1.54) is 18.2 Å². The van der Waals surface area contributed by atoms with E-state index in [1.54, 1.807) is 13.8 Å². The molecule has 0 aliphatic heterocycles. The molecule has 1 unspecified atom stereocenters. The summed E-state index contributed by atoms with van der Waals surface area (Å²) in [5, 5.41) is 10.7. The number of nitrogens with zero attached hydrogens (tertiary/aromatic N) is 1. The van der Waals surface area contributed by atoms with E-state index in [-0.39, 0.29) is 5.69 Å². The molecule has 0 amide bonds. The smallest absolute Gasteiger partial charge is 0.347 e. The van der Waals surface area contributed by atoms with Gasteiger partial charge in [0.1, 0.15) is 5.75 Å². The molecule has 1 rings (SSSR count). The summed E-state index contributed by atoms with van der Waals surface area (Å²) in [6.45, 7) is 5.68. The number of non-ortho nitro benzene ring substituents is 1. The summed E-state index contributed by atoms with van der Waals surface area (Å²) in [6.07, 6.45) is 0.630. The molecule has 0 aliphatic carbocycles. The lowest BCUT2D eigenvalue weighted by Gasteiger charge is -2.18. The molecule has 1 aromatic rings. The number of nitro benzene ring substituents is 1. The van der Waals surface area contributed by atoms with Crippen molar-refractivity contribution in [1.82, 2.24) is 0 Å². The lowest BCUT2D eigenvalue weighted by Crippen LogP contribution is -2.29. The molecule has 6 nitrogen and oxygen atoms in total. The average Bonchev–Trinajstić information content (AvgIpc) is 2.40. The fourth-order valence-electron chi connectivity index (χ4n) is 1.75. The van der Waals surface area contributed by atoms with Crippen LogP contribution >= 0.6 is 0 Å². The van der Waals surface area contributed by atoms with Crippen LogP contribution in [0.4, 0.5) is 5.69 Å². The summed E-state index contributed by atoms with van der Waals surface area (Å²) in [5.74, 6) is 0.0502. The molecule has 0 heterocycles. The van der Waals surface area contributed by atoms with Crippen molar-refractivity contribution >= 4 is 11.7 Å². The van der Waals surface area contributed by atoms with Gasteiger partial charge in [-0.25, -0.2) is 4.79 Å². The first kappa shape index (κ1) is 15.9. The highest BCUT2D eigenvalue weighted by molar-refractivity contribution is 5.75. The molecular formula is C14H19NO5. The maximum absolute atomic E-state index is 11.8. The molecule has 1 atom stereocenters. The van der Waals surface area contributed by atoms with Gasteiger partial charge in [-0.2, -0.15) is 0 Å². The molecule has 0 aliphatic rings. The highest BCUT2D eigenvalue weighted by atomic mass is 16.6. The van der Waals surface area contributed by atoms with Crippen LogP contribution in [0.15, 0.2) is 18.2 Å². The Balaban J connectivity index is 2.88. The number of esters is 1. The SMILES string of the molecule is CCCC(Oc1ccc([N+](=O)[O-])cc1C)C(=O)OCC. The van der Waals surface area contributed by atoms with Crippen LogP contribution in [0.3, 0.4) is 0 Å². The third-order valence-electron chi connectivity index (χ3n) is 2.74. The second-order valence-electron chi connectivity index (χ2n) is 4.35. The first-order valence-corrected chi connectivity index (χ1v) is 6.57. The molecule has 0 radical (unpaired) electrons. The number of carbonyl (C=O) groups excluding carboxylic acids is 1. The van der Waals surface area contributed by atoms with Crippen LogP contribution in [-0.4, -0.2) is 23.6 Å². The predicted molar refractivity (Wildman–Crippen MR) is 73.8 cm³/mol. The standard InChI is InChI=1S/C14H19NO5/c1-4-6-13(14(16)19-5-2)20-12-8-7-11(15(17)18)9-10(12)3/h7-9,13H,4-6H2,1-3H3. The molecule has 6 heteroatoms. The molecule has 0 N–H and O–H groups in total. The normalized spacial score (nSPS) is 11.8. The van der Waals surface area contributed by atoms with Crippen LogP contribution < -0.4 is 4.74 Å². The molecular weight excluding hydrogens is 262 g/mol. The van der Waals surface area contributed by atoms with Gasteiger partial charge >= 0.3 is 5.97 Å². The Morgan fingerprint density at radius 1 is 1.40 bits per heavy atom. The Morgan fingerprint density at radius 2 is 2.10 bits per heavy atom. The van der Waals surface area contributed by atoms with Gasteiger partial charge in [0, 0.05) is 12.1 Å². The number of hydrogen-bond acceptors (Lipinski definition) is 5. The van der Waals surface area contributed by atoms with Crippen LogP contribution in [0.2, 0.25) is 0 Å². The summed E-state index contributed by atoms with van der Waals surface area (Å²) < 4.78 is 10.6. The maximum atomic E-state index is 11.8. The Bertz CT molecular complexity index is 486. The Kier molecular flexibility index (Phi) is 5.96. The second kappa shape index (κ2) is 7.47. The zero-order chi connectivity index (χ0) is 15.1. The first-order valence-electron chi connectivity index (χ1n) is 6.57. The van der Waals surface area contributed by atoms with Crippen LogP contribution in [0.25, 0.3) is 0 Å². The predicted octanol–water partition coefficient (Wildman–Crippen LogP) is 3.01.